The number of aliphatic hydroxyl groups excluding tert-OH is 1. The lowest BCUT2D eigenvalue weighted by molar-refractivity contribution is -0.132. The Balaban J connectivity index is 1.53. The summed E-state index contributed by atoms with van der Waals surface area (Å²) in [4.78, 5) is 25.9. The molecule has 2 fully saturated rings. The number of aryl methyl sites for hydroxylation is 1. The number of carbonyl (C=O) groups excluding carboxylic acids is 1. The summed E-state index contributed by atoms with van der Waals surface area (Å²) in [6.07, 6.45) is 5.74. The number of fused-ring (bicyclic) bond motifs is 1. The molecule has 3 rings (SSSR count). The Morgan fingerprint density at radius 2 is 1.95 bits per heavy atom. The molecule has 4 atom stereocenters. The van der Waals surface area contributed by atoms with Gasteiger partial charge in [-0.05, 0) is 43.6 Å². The minimum atomic E-state index is -0.137. The molecule has 1 aromatic heterocycles. The topological polar surface area (TPSA) is 62.5 Å². The van der Waals surface area contributed by atoms with Crippen LogP contribution in [0.15, 0.2) is 29.2 Å². The Morgan fingerprint density at radius 1 is 1.27 bits per heavy atom. The molecule has 1 heterocycles. The fourth-order valence-electron chi connectivity index (χ4n) is 4.11. The molecule has 0 radical (unpaired) electrons. The molecule has 0 spiro atoms. The SMILES string of the molecule is CN(C(=O)CCn1ccccc1=O)C1C[C@H]2CC(O)C[C@H]2C1. The summed E-state index contributed by atoms with van der Waals surface area (Å²) in [5.41, 5.74) is -0.0673. The van der Waals surface area contributed by atoms with E-state index in [4.69, 9.17) is 0 Å². The van der Waals surface area contributed by atoms with Gasteiger partial charge < -0.3 is 14.6 Å². The predicted molar refractivity (Wildman–Crippen MR) is 83.3 cm³/mol. The van der Waals surface area contributed by atoms with Gasteiger partial charge in [-0.15, -0.1) is 0 Å². The van der Waals surface area contributed by atoms with Crippen molar-refractivity contribution >= 4 is 5.91 Å². The molecule has 2 unspecified atom stereocenters. The molecule has 5 nitrogen and oxygen atoms in total. The fraction of sp³-hybridized carbons (Fsp3) is 0.647. The first-order valence-corrected chi connectivity index (χ1v) is 8.14. The minimum absolute atomic E-state index is 0.0673. The largest absolute Gasteiger partial charge is 0.393 e. The zero-order chi connectivity index (χ0) is 15.7. The molecule has 1 amide bonds. The maximum absolute atomic E-state index is 12.4. The van der Waals surface area contributed by atoms with Gasteiger partial charge in [-0.3, -0.25) is 9.59 Å². The van der Waals surface area contributed by atoms with Crippen LogP contribution >= 0.6 is 0 Å². The van der Waals surface area contributed by atoms with Crippen LogP contribution < -0.4 is 5.56 Å². The number of rotatable bonds is 4. The maximum atomic E-state index is 12.4. The Morgan fingerprint density at radius 3 is 2.59 bits per heavy atom. The van der Waals surface area contributed by atoms with E-state index in [0.29, 0.717) is 30.8 Å². The van der Waals surface area contributed by atoms with Crippen molar-refractivity contribution in [2.75, 3.05) is 7.05 Å². The number of carbonyl (C=O) groups is 1. The van der Waals surface area contributed by atoms with E-state index in [1.807, 2.05) is 11.9 Å². The van der Waals surface area contributed by atoms with Crippen molar-refractivity contribution in [2.24, 2.45) is 11.8 Å². The maximum Gasteiger partial charge on any atom is 0.250 e. The number of pyridine rings is 1. The van der Waals surface area contributed by atoms with Crippen LogP contribution in [0, 0.1) is 11.8 Å². The van der Waals surface area contributed by atoms with E-state index in [1.54, 1.807) is 22.9 Å². The van der Waals surface area contributed by atoms with Gasteiger partial charge in [-0.25, -0.2) is 0 Å². The molecular formula is C17H24N2O3. The van der Waals surface area contributed by atoms with E-state index >= 15 is 0 Å². The third-order valence-electron chi connectivity index (χ3n) is 5.37. The summed E-state index contributed by atoms with van der Waals surface area (Å²) in [5.74, 6) is 1.25. The average Bonchev–Trinajstić information content (AvgIpc) is 3.02. The van der Waals surface area contributed by atoms with Gasteiger partial charge >= 0.3 is 0 Å². The van der Waals surface area contributed by atoms with Crippen molar-refractivity contribution < 1.29 is 9.90 Å². The van der Waals surface area contributed by atoms with Gasteiger partial charge in [0.15, 0.2) is 0 Å². The van der Waals surface area contributed by atoms with Gasteiger partial charge in [0.1, 0.15) is 0 Å². The summed E-state index contributed by atoms with van der Waals surface area (Å²) in [6, 6.07) is 5.32. The highest BCUT2D eigenvalue weighted by Crippen LogP contribution is 2.45. The molecule has 2 aliphatic carbocycles. The second kappa shape index (κ2) is 6.24. The van der Waals surface area contributed by atoms with Crippen molar-refractivity contribution in [1.82, 2.24) is 9.47 Å². The van der Waals surface area contributed by atoms with E-state index in [1.165, 1.54) is 6.07 Å². The van der Waals surface area contributed by atoms with Crippen LogP contribution in [0.3, 0.4) is 0 Å². The predicted octanol–water partition coefficient (Wildman–Crippen LogP) is 1.25. The minimum Gasteiger partial charge on any atom is -0.393 e. The summed E-state index contributed by atoms with van der Waals surface area (Å²) >= 11 is 0. The standard InChI is InChI=1S/C17H24N2O3/c1-18(14-8-12-10-15(20)11-13(12)9-14)16(21)5-7-19-6-3-2-4-17(19)22/h2-4,6,12-15,20H,5,7-11H2,1H3/t12-,13+,14?,15?. The second-order valence-electron chi connectivity index (χ2n) is 6.76. The number of hydrogen-bond donors (Lipinski definition) is 1. The molecule has 2 saturated carbocycles. The van der Waals surface area contributed by atoms with E-state index < -0.39 is 0 Å². The van der Waals surface area contributed by atoms with Crippen molar-refractivity contribution in [3.63, 3.8) is 0 Å². The molecule has 22 heavy (non-hydrogen) atoms. The van der Waals surface area contributed by atoms with E-state index in [2.05, 4.69) is 0 Å². The normalized spacial score (nSPS) is 30.3. The van der Waals surface area contributed by atoms with Crippen molar-refractivity contribution in [3.8, 4) is 0 Å². The molecule has 120 valence electrons. The van der Waals surface area contributed by atoms with Crippen molar-refractivity contribution in [3.05, 3.63) is 34.7 Å². The van der Waals surface area contributed by atoms with Crippen LogP contribution in [0.25, 0.3) is 0 Å². The number of hydrogen-bond acceptors (Lipinski definition) is 3. The number of aromatic nitrogens is 1. The van der Waals surface area contributed by atoms with Gasteiger partial charge in [0, 0.05) is 38.3 Å². The monoisotopic (exact) mass is 304 g/mol. The molecule has 0 aromatic carbocycles. The Kier molecular flexibility index (Phi) is 4.34. The average molecular weight is 304 g/mol. The summed E-state index contributed by atoms with van der Waals surface area (Å²) in [5, 5.41) is 9.69. The number of nitrogens with zero attached hydrogens (tertiary/aromatic N) is 2. The zero-order valence-electron chi connectivity index (χ0n) is 13.0. The highest BCUT2D eigenvalue weighted by molar-refractivity contribution is 5.76. The van der Waals surface area contributed by atoms with Crippen LogP contribution in [0.2, 0.25) is 0 Å². The summed E-state index contributed by atoms with van der Waals surface area (Å²) in [6.45, 7) is 0.432. The van der Waals surface area contributed by atoms with Crippen LogP contribution in [0.1, 0.15) is 32.1 Å². The quantitative estimate of drug-likeness (QED) is 0.910. The Hall–Kier alpha value is -1.62. The first-order valence-electron chi connectivity index (χ1n) is 8.14. The number of aliphatic hydroxyl groups is 1. The first-order chi connectivity index (χ1) is 10.5. The van der Waals surface area contributed by atoms with Gasteiger partial charge in [0.05, 0.1) is 6.10 Å². The highest BCUT2D eigenvalue weighted by atomic mass is 16.3. The molecule has 5 heteroatoms. The van der Waals surface area contributed by atoms with Gasteiger partial charge in [-0.2, -0.15) is 0 Å². The van der Waals surface area contributed by atoms with E-state index in [9.17, 15) is 14.7 Å². The van der Waals surface area contributed by atoms with Crippen LogP contribution in [0.4, 0.5) is 0 Å². The third-order valence-corrected chi connectivity index (χ3v) is 5.37. The van der Waals surface area contributed by atoms with Gasteiger partial charge in [0.2, 0.25) is 5.91 Å². The second-order valence-corrected chi connectivity index (χ2v) is 6.76. The Bertz CT molecular complexity index is 584. The van der Waals surface area contributed by atoms with E-state index in [0.717, 1.165) is 25.7 Å². The molecule has 1 N–H and O–H groups in total. The van der Waals surface area contributed by atoms with Crippen LogP contribution in [-0.2, 0) is 11.3 Å². The third kappa shape index (κ3) is 3.09. The smallest absolute Gasteiger partial charge is 0.250 e. The van der Waals surface area contributed by atoms with Crippen LogP contribution in [-0.4, -0.2) is 39.7 Å². The first kappa shape index (κ1) is 15.3. The molecule has 1 aromatic rings. The highest BCUT2D eigenvalue weighted by Gasteiger charge is 2.42. The summed E-state index contributed by atoms with van der Waals surface area (Å²) in [7, 11) is 1.87. The lowest BCUT2D eigenvalue weighted by Crippen LogP contribution is -2.37. The lowest BCUT2D eigenvalue weighted by atomic mass is 10.0. The molecule has 2 aliphatic rings. The molecule has 0 aliphatic heterocycles. The fourth-order valence-corrected chi connectivity index (χ4v) is 4.11. The van der Waals surface area contributed by atoms with Crippen molar-refractivity contribution in [2.45, 2.75) is 50.8 Å². The molecule has 0 saturated heterocycles. The van der Waals surface area contributed by atoms with Gasteiger partial charge in [-0.1, -0.05) is 6.07 Å². The Labute approximate surface area is 130 Å². The van der Waals surface area contributed by atoms with Gasteiger partial charge in [0.25, 0.3) is 5.56 Å². The summed E-state index contributed by atoms with van der Waals surface area (Å²) < 4.78 is 1.57. The van der Waals surface area contributed by atoms with Crippen molar-refractivity contribution in [1.29, 1.82) is 0 Å². The lowest BCUT2D eigenvalue weighted by Gasteiger charge is -2.26. The molecule has 0 bridgehead atoms. The van der Waals surface area contributed by atoms with E-state index in [-0.39, 0.29) is 17.6 Å². The zero-order valence-corrected chi connectivity index (χ0v) is 13.0. The number of amides is 1. The molecular weight excluding hydrogens is 280 g/mol. The van der Waals surface area contributed by atoms with Crippen LogP contribution in [0.5, 0.6) is 0 Å².